The van der Waals surface area contributed by atoms with Gasteiger partial charge >= 0.3 is 0 Å². The molecule has 0 aliphatic heterocycles. The van der Waals surface area contributed by atoms with E-state index < -0.39 is 0 Å². The first-order valence-corrected chi connectivity index (χ1v) is 7.50. The maximum Gasteiger partial charge on any atom is 0.251 e. The van der Waals surface area contributed by atoms with Gasteiger partial charge in [-0.05, 0) is 43.5 Å². The van der Waals surface area contributed by atoms with Crippen LogP contribution in [0.2, 0.25) is 0 Å². The molecule has 3 N–H and O–H groups in total. The lowest BCUT2D eigenvalue weighted by Crippen LogP contribution is -2.26. The highest BCUT2D eigenvalue weighted by Crippen LogP contribution is 2.18. The van der Waals surface area contributed by atoms with Gasteiger partial charge in [-0.1, -0.05) is 12.1 Å². The number of hydrogen-bond acceptors (Lipinski definition) is 3. The molecule has 0 bridgehead atoms. The van der Waals surface area contributed by atoms with Crippen LogP contribution in [0.3, 0.4) is 0 Å². The van der Waals surface area contributed by atoms with E-state index in [1.54, 1.807) is 7.05 Å². The molecule has 0 aromatic heterocycles. The van der Waals surface area contributed by atoms with Gasteiger partial charge in [0.2, 0.25) is 5.91 Å². The Balaban J connectivity index is 1.59. The van der Waals surface area contributed by atoms with Gasteiger partial charge in [-0.25, -0.2) is 0 Å². The van der Waals surface area contributed by atoms with E-state index in [0.29, 0.717) is 18.0 Å². The van der Waals surface area contributed by atoms with Crippen LogP contribution in [-0.4, -0.2) is 31.4 Å². The molecule has 21 heavy (non-hydrogen) atoms. The van der Waals surface area contributed by atoms with Gasteiger partial charge in [0.15, 0.2) is 0 Å². The number of rotatable bonds is 8. The molecular weight excluding hydrogens is 266 g/mol. The van der Waals surface area contributed by atoms with Gasteiger partial charge in [-0.15, -0.1) is 0 Å². The summed E-state index contributed by atoms with van der Waals surface area (Å²) in [6, 6.07) is 7.97. The maximum absolute atomic E-state index is 11.5. The van der Waals surface area contributed by atoms with Gasteiger partial charge in [0.25, 0.3) is 5.91 Å². The SMILES string of the molecule is CNC(=O)c1ccc(CNCCCC(=O)NC2CC2)cc1. The van der Waals surface area contributed by atoms with E-state index in [9.17, 15) is 9.59 Å². The van der Waals surface area contributed by atoms with E-state index in [2.05, 4.69) is 16.0 Å². The van der Waals surface area contributed by atoms with Gasteiger partial charge in [0.05, 0.1) is 0 Å². The zero-order chi connectivity index (χ0) is 15.1. The Hall–Kier alpha value is -1.88. The number of hydrogen-bond donors (Lipinski definition) is 3. The van der Waals surface area contributed by atoms with Crippen LogP contribution in [0.5, 0.6) is 0 Å². The molecule has 5 nitrogen and oxygen atoms in total. The van der Waals surface area contributed by atoms with Crippen LogP contribution >= 0.6 is 0 Å². The van der Waals surface area contributed by atoms with Crippen molar-refractivity contribution in [1.82, 2.24) is 16.0 Å². The summed E-state index contributed by atoms with van der Waals surface area (Å²) in [6.45, 7) is 1.56. The predicted octanol–water partition coefficient (Wildman–Crippen LogP) is 1.19. The first-order chi connectivity index (χ1) is 10.2. The lowest BCUT2D eigenvalue weighted by molar-refractivity contribution is -0.121. The third-order valence-corrected chi connectivity index (χ3v) is 3.47. The van der Waals surface area contributed by atoms with Crippen molar-refractivity contribution in [2.45, 2.75) is 38.3 Å². The molecule has 0 unspecified atom stereocenters. The predicted molar refractivity (Wildman–Crippen MR) is 81.9 cm³/mol. The van der Waals surface area contributed by atoms with Crippen molar-refractivity contribution in [3.8, 4) is 0 Å². The molecular formula is C16H23N3O2. The zero-order valence-electron chi connectivity index (χ0n) is 12.4. The number of amides is 2. The molecule has 1 saturated carbocycles. The highest BCUT2D eigenvalue weighted by molar-refractivity contribution is 5.93. The van der Waals surface area contributed by atoms with Crippen molar-refractivity contribution in [3.63, 3.8) is 0 Å². The minimum atomic E-state index is -0.0730. The van der Waals surface area contributed by atoms with E-state index in [1.807, 2.05) is 24.3 Å². The van der Waals surface area contributed by atoms with Gasteiger partial charge in [-0.3, -0.25) is 9.59 Å². The van der Waals surface area contributed by atoms with E-state index >= 15 is 0 Å². The molecule has 0 radical (unpaired) electrons. The second-order valence-electron chi connectivity index (χ2n) is 5.40. The smallest absolute Gasteiger partial charge is 0.251 e. The maximum atomic E-state index is 11.5. The summed E-state index contributed by atoms with van der Waals surface area (Å²) < 4.78 is 0. The highest BCUT2D eigenvalue weighted by Gasteiger charge is 2.22. The number of benzene rings is 1. The molecule has 5 heteroatoms. The van der Waals surface area contributed by atoms with Crippen molar-refractivity contribution in [2.75, 3.05) is 13.6 Å². The molecule has 0 spiro atoms. The standard InChI is InChI=1S/C16H23N3O2/c1-17-16(21)13-6-4-12(5-7-13)11-18-10-2-3-15(20)19-14-8-9-14/h4-7,14,18H,2-3,8-11H2,1H3,(H,17,21)(H,19,20). The summed E-state index contributed by atoms with van der Waals surface area (Å²) in [5.74, 6) is 0.0883. The van der Waals surface area contributed by atoms with Crippen molar-refractivity contribution < 1.29 is 9.59 Å². The van der Waals surface area contributed by atoms with Gasteiger partial charge in [0.1, 0.15) is 0 Å². The Morgan fingerprint density at radius 2 is 1.90 bits per heavy atom. The lowest BCUT2D eigenvalue weighted by atomic mass is 10.1. The molecule has 114 valence electrons. The second kappa shape index (κ2) is 7.78. The molecule has 1 aromatic rings. The minimum Gasteiger partial charge on any atom is -0.355 e. The lowest BCUT2D eigenvalue weighted by Gasteiger charge is -2.06. The summed E-state index contributed by atoms with van der Waals surface area (Å²) in [5.41, 5.74) is 1.79. The van der Waals surface area contributed by atoms with Crippen molar-refractivity contribution in [2.24, 2.45) is 0 Å². The van der Waals surface area contributed by atoms with Crippen LogP contribution in [0.25, 0.3) is 0 Å². The fourth-order valence-electron chi connectivity index (χ4n) is 2.05. The first kappa shape index (κ1) is 15.5. The number of carbonyl (C=O) groups is 2. The largest absolute Gasteiger partial charge is 0.355 e. The number of carbonyl (C=O) groups excluding carboxylic acids is 2. The van der Waals surface area contributed by atoms with E-state index in [4.69, 9.17) is 0 Å². The van der Waals surface area contributed by atoms with Gasteiger partial charge in [0, 0.05) is 31.6 Å². The molecule has 0 atom stereocenters. The molecule has 2 rings (SSSR count). The second-order valence-corrected chi connectivity index (χ2v) is 5.40. The average Bonchev–Trinajstić information content (AvgIpc) is 3.30. The number of nitrogens with one attached hydrogen (secondary N) is 3. The van der Waals surface area contributed by atoms with E-state index in [-0.39, 0.29) is 11.8 Å². The molecule has 1 aliphatic carbocycles. The fraction of sp³-hybridized carbons (Fsp3) is 0.500. The third-order valence-electron chi connectivity index (χ3n) is 3.47. The quantitative estimate of drug-likeness (QED) is 0.630. The zero-order valence-corrected chi connectivity index (χ0v) is 12.4. The minimum absolute atomic E-state index is 0.0730. The molecule has 1 aromatic carbocycles. The van der Waals surface area contributed by atoms with E-state index in [1.165, 1.54) is 0 Å². The van der Waals surface area contributed by atoms with Crippen LogP contribution in [-0.2, 0) is 11.3 Å². The van der Waals surface area contributed by atoms with Gasteiger partial charge in [-0.2, -0.15) is 0 Å². The average molecular weight is 289 g/mol. The summed E-state index contributed by atoms with van der Waals surface area (Å²) in [6.07, 6.45) is 3.69. The van der Waals surface area contributed by atoms with Crippen molar-refractivity contribution in [3.05, 3.63) is 35.4 Å². The summed E-state index contributed by atoms with van der Waals surface area (Å²) in [7, 11) is 1.62. The normalized spacial score (nSPS) is 13.8. The summed E-state index contributed by atoms with van der Waals surface area (Å²) in [5, 5.41) is 8.88. The highest BCUT2D eigenvalue weighted by atomic mass is 16.2. The Labute approximate surface area is 125 Å². The molecule has 1 fully saturated rings. The van der Waals surface area contributed by atoms with Crippen molar-refractivity contribution in [1.29, 1.82) is 0 Å². The van der Waals surface area contributed by atoms with E-state index in [0.717, 1.165) is 37.9 Å². The Morgan fingerprint density at radius 3 is 2.52 bits per heavy atom. The van der Waals surface area contributed by atoms with Crippen LogP contribution < -0.4 is 16.0 Å². The topological polar surface area (TPSA) is 70.2 Å². The Kier molecular flexibility index (Phi) is 5.75. The Bertz CT molecular complexity index is 481. The van der Waals surface area contributed by atoms with Crippen LogP contribution in [0.4, 0.5) is 0 Å². The van der Waals surface area contributed by atoms with Crippen LogP contribution in [0.1, 0.15) is 41.6 Å². The molecule has 1 aliphatic rings. The van der Waals surface area contributed by atoms with Gasteiger partial charge < -0.3 is 16.0 Å². The summed E-state index contributed by atoms with van der Waals surface area (Å²) >= 11 is 0. The first-order valence-electron chi connectivity index (χ1n) is 7.50. The van der Waals surface area contributed by atoms with Crippen LogP contribution in [0, 0.1) is 0 Å². The monoisotopic (exact) mass is 289 g/mol. The Morgan fingerprint density at radius 1 is 1.19 bits per heavy atom. The fourth-order valence-corrected chi connectivity index (χ4v) is 2.05. The van der Waals surface area contributed by atoms with Crippen molar-refractivity contribution >= 4 is 11.8 Å². The summed E-state index contributed by atoms with van der Waals surface area (Å²) in [4.78, 5) is 22.9. The van der Waals surface area contributed by atoms with Crippen LogP contribution in [0.15, 0.2) is 24.3 Å². The molecule has 0 heterocycles. The third kappa shape index (κ3) is 5.55. The molecule has 0 saturated heterocycles. The molecule has 2 amide bonds.